The molecule has 2 N–H and O–H groups in total. The molecular weight excluding hydrogens is 235 g/mol. The van der Waals surface area contributed by atoms with Gasteiger partial charge in [0, 0.05) is 12.8 Å². The fourth-order valence-electron chi connectivity index (χ4n) is 1.36. The van der Waals surface area contributed by atoms with Crippen LogP contribution in [-0.2, 0) is 10.9 Å². The molecule has 0 spiro atoms. The van der Waals surface area contributed by atoms with E-state index in [2.05, 4.69) is 0 Å². The van der Waals surface area contributed by atoms with Gasteiger partial charge in [0.05, 0.1) is 12.2 Å². The molecule has 96 valence electrons. The summed E-state index contributed by atoms with van der Waals surface area (Å²) in [7, 11) is 1.45. The highest BCUT2D eigenvalue weighted by molar-refractivity contribution is 5.49. The molecule has 0 bridgehead atoms. The molecular formula is C11H14F3NO2. The summed E-state index contributed by atoms with van der Waals surface area (Å²) in [6.45, 7) is 1.84. The predicted octanol–water partition coefficient (Wildman–Crippen LogP) is 2.70. The molecule has 1 aromatic carbocycles. The van der Waals surface area contributed by atoms with Gasteiger partial charge in [0.15, 0.2) is 0 Å². The van der Waals surface area contributed by atoms with Gasteiger partial charge in [0.25, 0.3) is 0 Å². The Bertz CT molecular complexity index is 379. The molecule has 0 saturated heterocycles. The van der Waals surface area contributed by atoms with Crippen LogP contribution in [0.15, 0.2) is 18.2 Å². The van der Waals surface area contributed by atoms with E-state index in [1.54, 1.807) is 6.92 Å². The SMILES string of the molecule is COC[C@@H](C)Oc1ccc(N)cc1C(F)(F)F. The van der Waals surface area contributed by atoms with E-state index in [1.165, 1.54) is 19.2 Å². The van der Waals surface area contributed by atoms with Gasteiger partial charge in [0.2, 0.25) is 0 Å². The van der Waals surface area contributed by atoms with Gasteiger partial charge in [-0.05, 0) is 25.1 Å². The zero-order valence-corrected chi connectivity index (χ0v) is 9.54. The molecule has 17 heavy (non-hydrogen) atoms. The van der Waals surface area contributed by atoms with E-state index in [0.717, 1.165) is 6.07 Å². The van der Waals surface area contributed by atoms with Gasteiger partial charge in [-0.25, -0.2) is 0 Å². The van der Waals surface area contributed by atoms with Crippen LogP contribution < -0.4 is 10.5 Å². The number of methoxy groups -OCH3 is 1. The molecule has 3 nitrogen and oxygen atoms in total. The van der Waals surface area contributed by atoms with Crippen LogP contribution in [0.3, 0.4) is 0 Å². The van der Waals surface area contributed by atoms with Crippen molar-refractivity contribution in [1.29, 1.82) is 0 Å². The van der Waals surface area contributed by atoms with Crippen LogP contribution in [0.25, 0.3) is 0 Å². The molecule has 0 saturated carbocycles. The van der Waals surface area contributed by atoms with E-state index in [9.17, 15) is 13.2 Å². The van der Waals surface area contributed by atoms with Crippen LogP contribution in [0.1, 0.15) is 12.5 Å². The van der Waals surface area contributed by atoms with Crippen molar-refractivity contribution >= 4 is 5.69 Å². The average Bonchev–Trinajstić information content (AvgIpc) is 2.19. The van der Waals surface area contributed by atoms with E-state index in [-0.39, 0.29) is 18.0 Å². The molecule has 1 aromatic rings. The van der Waals surface area contributed by atoms with E-state index in [4.69, 9.17) is 15.2 Å². The minimum Gasteiger partial charge on any atom is -0.488 e. The third-order valence-electron chi connectivity index (χ3n) is 2.04. The molecule has 6 heteroatoms. The predicted molar refractivity (Wildman–Crippen MR) is 57.8 cm³/mol. The Labute approximate surface area is 97.3 Å². The summed E-state index contributed by atoms with van der Waals surface area (Å²) < 4.78 is 48.1. The summed E-state index contributed by atoms with van der Waals surface area (Å²) in [5.41, 5.74) is 4.50. The number of hydrogen-bond donors (Lipinski definition) is 1. The van der Waals surface area contributed by atoms with Crippen LogP contribution in [0, 0.1) is 0 Å². The maximum Gasteiger partial charge on any atom is 0.420 e. The van der Waals surface area contributed by atoms with Crippen LogP contribution >= 0.6 is 0 Å². The van der Waals surface area contributed by atoms with Crippen molar-refractivity contribution in [3.05, 3.63) is 23.8 Å². The summed E-state index contributed by atoms with van der Waals surface area (Å²) in [5, 5.41) is 0. The first-order valence-corrected chi connectivity index (χ1v) is 4.97. The van der Waals surface area contributed by atoms with Crippen molar-refractivity contribution in [3.8, 4) is 5.75 Å². The molecule has 0 radical (unpaired) electrons. The third kappa shape index (κ3) is 3.81. The average molecular weight is 249 g/mol. The van der Waals surface area contributed by atoms with Crippen LogP contribution in [0.2, 0.25) is 0 Å². The number of ether oxygens (including phenoxy) is 2. The molecule has 1 rings (SSSR count). The van der Waals surface area contributed by atoms with Crippen LogP contribution in [-0.4, -0.2) is 19.8 Å². The van der Waals surface area contributed by atoms with Gasteiger partial charge in [-0.1, -0.05) is 0 Å². The normalized spacial score (nSPS) is 13.5. The summed E-state index contributed by atoms with van der Waals surface area (Å²) in [6.07, 6.45) is -4.96. The van der Waals surface area contributed by atoms with Crippen LogP contribution in [0.5, 0.6) is 5.75 Å². The Morgan fingerprint density at radius 2 is 2.00 bits per heavy atom. The van der Waals surface area contributed by atoms with E-state index in [1.807, 2.05) is 0 Å². The van der Waals surface area contributed by atoms with Crippen molar-refractivity contribution in [2.45, 2.75) is 19.2 Å². The van der Waals surface area contributed by atoms with Gasteiger partial charge >= 0.3 is 6.18 Å². The molecule has 1 atom stereocenters. The summed E-state index contributed by atoms with van der Waals surface area (Å²) >= 11 is 0. The molecule has 0 amide bonds. The number of benzene rings is 1. The fourth-order valence-corrected chi connectivity index (χ4v) is 1.36. The van der Waals surface area contributed by atoms with Crippen molar-refractivity contribution in [2.75, 3.05) is 19.5 Å². The minimum absolute atomic E-state index is 0.0454. The largest absolute Gasteiger partial charge is 0.488 e. The molecule has 0 fully saturated rings. The lowest BCUT2D eigenvalue weighted by Crippen LogP contribution is -2.20. The number of rotatable bonds is 4. The lowest BCUT2D eigenvalue weighted by Gasteiger charge is -2.18. The fraction of sp³-hybridized carbons (Fsp3) is 0.455. The molecule has 0 heterocycles. The van der Waals surface area contributed by atoms with E-state index in [0.29, 0.717) is 0 Å². The lowest BCUT2D eigenvalue weighted by atomic mass is 10.1. The Hall–Kier alpha value is -1.43. The quantitative estimate of drug-likeness (QED) is 0.834. The maximum atomic E-state index is 12.7. The zero-order valence-electron chi connectivity index (χ0n) is 9.54. The second-order valence-electron chi connectivity index (χ2n) is 3.64. The van der Waals surface area contributed by atoms with Crippen molar-refractivity contribution in [3.63, 3.8) is 0 Å². The minimum atomic E-state index is -4.49. The van der Waals surface area contributed by atoms with Crippen molar-refractivity contribution in [2.24, 2.45) is 0 Å². The summed E-state index contributed by atoms with van der Waals surface area (Å²) in [6, 6.07) is 3.43. The second-order valence-corrected chi connectivity index (χ2v) is 3.64. The van der Waals surface area contributed by atoms with E-state index < -0.39 is 17.8 Å². The van der Waals surface area contributed by atoms with Gasteiger partial charge < -0.3 is 15.2 Å². The number of anilines is 1. The number of halogens is 3. The molecule has 0 aromatic heterocycles. The Morgan fingerprint density at radius 3 is 2.53 bits per heavy atom. The first kappa shape index (κ1) is 13.6. The highest BCUT2D eigenvalue weighted by atomic mass is 19.4. The van der Waals surface area contributed by atoms with Crippen molar-refractivity contribution < 1.29 is 22.6 Å². The second kappa shape index (κ2) is 5.27. The first-order chi connectivity index (χ1) is 7.84. The van der Waals surface area contributed by atoms with Gasteiger partial charge in [-0.15, -0.1) is 0 Å². The highest BCUT2D eigenvalue weighted by Crippen LogP contribution is 2.37. The maximum absolute atomic E-state index is 12.7. The monoisotopic (exact) mass is 249 g/mol. The highest BCUT2D eigenvalue weighted by Gasteiger charge is 2.34. The number of alkyl halides is 3. The van der Waals surface area contributed by atoms with E-state index >= 15 is 0 Å². The molecule has 0 aliphatic rings. The van der Waals surface area contributed by atoms with Gasteiger partial charge in [0.1, 0.15) is 11.9 Å². The Morgan fingerprint density at radius 1 is 1.35 bits per heavy atom. The molecule has 0 unspecified atom stereocenters. The lowest BCUT2D eigenvalue weighted by molar-refractivity contribution is -0.139. The molecule has 0 aliphatic heterocycles. The number of hydrogen-bond acceptors (Lipinski definition) is 3. The summed E-state index contributed by atoms with van der Waals surface area (Å²) in [5.74, 6) is -0.240. The number of nitrogens with two attached hydrogens (primary N) is 1. The Kier molecular flexibility index (Phi) is 4.22. The Balaban J connectivity index is 2.99. The zero-order chi connectivity index (χ0) is 13.1. The van der Waals surface area contributed by atoms with Gasteiger partial charge in [-0.2, -0.15) is 13.2 Å². The number of nitrogen functional groups attached to an aromatic ring is 1. The molecule has 0 aliphatic carbocycles. The van der Waals surface area contributed by atoms with Crippen molar-refractivity contribution in [1.82, 2.24) is 0 Å². The standard InChI is InChI=1S/C11H14F3NO2/c1-7(6-16-2)17-10-4-3-8(15)5-9(10)11(12,13)14/h3-5,7H,6,15H2,1-2H3/t7-/m1/s1. The first-order valence-electron chi connectivity index (χ1n) is 4.97. The summed E-state index contributed by atoms with van der Waals surface area (Å²) in [4.78, 5) is 0. The topological polar surface area (TPSA) is 44.5 Å². The van der Waals surface area contributed by atoms with Gasteiger partial charge in [-0.3, -0.25) is 0 Å². The van der Waals surface area contributed by atoms with Crippen LogP contribution in [0.4, 0.5) is 18.9 Å². The smallest absolute Gasteiger partial charge is 0.420 e. The third-order valence-corrected chi connectivity index (χ3v) is 2.04.